The highest BCUT2D eigenvalue weighted by Crippen LogP contribution is 2.38. The van der Waals surface area contributed by atoms with Crippen molar-refractivity contribution >= 4 is 11.6 Å². The van der Waals surface area contributed by atoms with Crippen molar-refractivity contribution in [1.82, 2.24) is 4.57 Å². The lowest BCUT2D eigenvalue weighted by molar-refractivity contribution is 0.102. The summed E-state index contributed by atoms with van der Waals surface area (Å²) in [6, 6.07) is 8.03. The summed E-state index contributed by atoms with van der Waals surface area (Å²) in [6.45, 7) is 5.18. The van der Waals surface area contributed by atoms with Crippen molar-refractivity contribution in [3.8, 4) is 11.5 Å². The number of ether oxygens (including phenoxy) is 2. The number of hydrogen-bond donors (Lipinski definition) is 1. The lowest BCUT2D eigenvalue weighted by Gasteiger charge is -2.19. The molecule has 1 amide bonds. The molecule has 1 fully saturated rings. The van der Waals surface area contributed by atoms with Gasteiger partial charge in [0.2, 0.25) is 0 Å². The highest BCUT2D eigenvalue weighted by molar-refractivity contribution is 6.05. The van der Waals surface area contributed by atoms with Gasteiger partial charge in [0.25, 0.3) is 5.91 Å². The lowest BCUT2D eigenvalue weighted by Crippen LogP contribution is -2.16. The number of rotatable bonds is 3. The van der Waals surface area contributed by atoms with Crippen LogP contribution in [0, 0.1) is 13.8 Å². The van der Waals surface area contributed by atoms with Crippen LogP contribution in [0.4, 0.5) is 5.69 Å². The van der Waals surface area contributed by atoms with Gasteiger partial charge in [-0.05, 0) is 44.9 Å². The molecular weight excluding hydrogens is 292 g/mol. The molecule has 2 aromatic rings. The average molecular weight is 312 g/mol. The van der Waals surface area contributed by atoms with Gasteiger partial charge in [-0.3, -0.25) is 4.79 Å². The topological polar surface area (TPSA) is 52.5 Å². The van der Waals surface area contributed by atoms with Crippen molar-refractivity contribution in [3.05, 3.63) is 41.2 Å². The molecule has 1 aliphatic heterocycles. The Morgan fingerprint density at radius 1 is 1.13 bits per heavy atom. The Labute approximate surface area is 135 Å². The standard InChI is InChI=1S/C18H20N2O3/c1-11-9-15(12(2)20(11)14-4-5-14)18(21)19-13-3-6-16-17(10-13)23-8-7-22-16/h3,6,9-10,14H,4-5,7-8H2,1-2H3,(H,19,21). The maximum atomic E-state index is 12.6. The maximum Gasteiger partial charge on any atom is 0.257 e. The van der Waals surface area contributed by atoms with Crippen molar-refractivity contribution in [1.29, 1.82) is 0 Å². The first-order chi connectivity index (χ1) is 11.1. The first-order valence-electron chi connectivity index (χ1n) is 8.03. The van der Waals surface area contributed by atoms with Gasteiger partial charge >= 0.3 is 0 Å². The van der Waals surface area contributed by atoms with Crippen molar-refractivity contribution in [3.63, 3.8) is 0 Å². The Hall–Kier alpha value is -2.43. The van der Waals surface area contributed by atoms with Crippen LogP contribution in [-0.2, 0) is 0 Å². The van der Waals surface area contributed by atoms with E-state index in [-0.39, 0.29) is 5.91 Å². The van der Waals surface area contributed by atoms with Crippen molar-refractivity contribution in [2.75, 3.05) is 18.5 Å². The molecular formula is C18H20N2O3. The number of nitrogens with zero attached hydrogens (tertiary/aromatic N) is 1. The fourth-order valence-electron chi connectivity index (χ4n) is 3.22. The number of nitrogens with one attached hydrogen (secondary N) is 1. The van der Waals surface area contributed by atoms with Crippen molar-refractivity contribution in [2.45, 2.75) is 32.7 Å². The molecule has 4 rings (SSSR count). The Kier molecular flexibility index (Phi) is 3.29. The molecule has 0 spiro atoms. The Morgan fingerprint density at radius 2 is 1.87 bits per heavy atom. The van der Waals surface area contributed by atoms with Crippen LogP contribution in [-0.4, -0.2) is 23.7 Å². The number of fused-ring (bicyclic) bond motifs is 1. The highest BCUT2D eigenvalue weighted by Gasteiger charge is 2.28. The molecule has 2 aliphatic rings. The first-order valence-corrected chi connectivity index (χ1v) is 8.03. The fraction of sp³-hybridized carbons (Fsp3) is 0.389. The number of aryl methyl sites for hydroxylation is 1. The molecule has 1 aromatic heterocycles. The average Bonchev–Trinajstić information content (AvgIpc) is 3.32. The van der Waals surface area contributed by atoms with Crippen molar-refractivity contribution < 1.29 is 14.3 Å². The van der Waals surface area contributed by atoms with Gasteiger partial charge in [-0.1, -0.05) is 0 Å². The van der Waals surface area contributed by atoms with Gasteiger partial charge < -0.3 is 19.4 Å². The second kappa shape index (κ2) is 5.33. The third kappa shape index (κ3) is 2.56. The lowest BCUT2D eigenvalue weighted by atomic mass is 10.2. The quantitative estimate of drug-likeness (QED) is 0.944. The molecule has 1 N–H and O–H groups in total. The molecule has 1 saturated carbocycles. The normalized spacial score (nSPS) is 16.3. The van der Waals surface area contributed by atoms with Gasteiger partial charge in [-0.25, -0.2) is 0 Å². The Bertz CT molecular complexity index is 775. The zero-order chi connectivity index (χ0) is 16.0. The van der Waals surface area contributed by atoms with E-state index >= 15 is 0 Å². The van der Waals surface area contributed by atoms with Crippen LogP contribution in [0.1, 0.15) is 40.6 Å². The molecule has 0 atom stereocenters. The van der Waals surface area contributed by atoms with Crippen LogP contribution in [0.15, 0.2) is 24.3 Å². The minimum absolute atomic E-state index is 0.0818. The predicted molar refractivity (Wildman–Crippen MR) is 87.6 cm³/mol. The summed E-state index contributed by atoms with van der Waals surface area (Å²) in [6.07, 6.45) is 2.42. The van der Waals surface area contributed by atoms with E-state index in [0.29, 0.717) is 25.0 Å². The summed E-state index contributed by atoms with van der Waals surface area (Å²) in [7, 11) is 0. The van der Waals surface area contributed by atoms with Gasteiger partial charge in [-0.15, -0.1) is 0 Å². The smallest absolute Gasteiger partial charge is 0.257 e. The SMILES string of the molecule is Cc1cc(C(=O)Nc2ccc3c(c2)OCCO3)c(C)n1C1CC1. The summed E-state index contributed by atoms with van der Waals surface area (Å²) in [4.78, 5) is 12.6. The summed E-state index contributed by atoms with van der Waals surface area (Å²) >= 11 is 0. The number of hydrogen-bond acceptors (Lipinski definition) is 3. The minimum Gasteiger partial charge on any atom is -0.486 e. The zero-order valence-electron chi connectivity index (χ0n) is 13.4. The maximum absolute atomic E-state index is 12.6. The van der Waals surface area contributed by atoms with E-state index in [4.69, 9.17) is 9.47 Å². The monoisotopic (exact) mass is 312 g/mol. The third-order valence-electron chi connectivity index (χ3n) is 4.44. The molecule has 0 saturated heterocycles. The largest absolute Gasteiger partial charge is 0.486 e. The van der Waals surface area contributed by atoms with Gasteiger partial charge in [0.1, 0.15) is 13.2 Å². The molecule has 23 heavy (non-hydrogen) atoms. The molecule has 0 unspecified atom stereocenters. The van der Waals surface area contributed by atoms with E-state index in [0.717, 1.165) is 28.4 Å². The summed E-state index contributed by atoms with van der Waals surface area (Å²) in [5.41, 5.74) is 3.65. The minimum atomic E-state index is -0.0818. The number of anilines is 1. The Balaban J connectivity index is 1.57. The molecule has 1 aliphatic carbocycles. The summed E-state index contributed by atoms with van der Waals surface area (Å²) < 4.78 is 13.3. The van der Waals surface area contributed by atoms with Crippen LogP contribution in [0.25, 0.3) is 0 Å². The van der Waals surface area contributed by atoms with Gasteiger partial charge in [0.05, 0.1) is 5.56 Å². The summed E-state index contributed by atoms with van der Waals surface area (Å²) in [5.74, 6) is 1.32. The number of carbonyl (C=O) groups excluding carboxylic acids is 1. The number of carbonyl (C=O) groups is 1. The number of aromatic nitrogens is 1. The van der Waals surface area contributed by atoms with Crippen molar-refractivity contribution in [2.24, 2.45) is 0 Å². The van der Waals surface area contributed by atoms with E-state index in [1.165, 1.54) is 12.8 Å². The van der Waals surface area contributed by atoms with E-state index in [1.807, 2.05) is 31.2 Å². The Morgan fingerprint density at radius 3 is 2.61 bits per heavy atom. The molecule has 0 bridgehead atoms. The van der Waals surface area contributed by atoms with E-state index in [2.05, 4.69) is 16.8 Å². The van der Waals surface area contributed by atoms with E-state index in [1.54, 1.807) is 0 Å². The first kappa shape index (κ1) is 14.2. The van der Waals surface area contributed by atoms with Gasteiger partial charge in [-0.2, -0.15) is 0 Å². The van der Waals surface area contributed by atoms with E-state index in [9.17, 15) is 4.79 Å². The highest BCUT2D eigenvalue weighted by atomic mass is 16.6. The van der Waals surface area contributed by atoms with Crippen LogP contribution in [0.5, 0.6) is 11.5 Å². The molecule has 5 heteroatoms. The van der Waals surface area contributed by atoms with E-state index < -0.39 is 0 Å². The summed E-state index contributed by atoms with van der Waals surface area (Å²) in [5, 5.41) is 2.96. The van der Waals surface area contributed by atoms with Gasteiger partial charge in [0.15, 0.2) is 11.5 Å². The zero-order valence-corrected chi connectivity index (χ0v) is 13.4. The molecule has 1 aromatic carbocycles. The van der Waals surface area contributed by atoms with Crippen LogP contribution < -0.4 is 14.8 Å². The number of benzene rings is 1. The number of amides is 1. The molecule has 2 heterocycles. The van der Waals surface area contributed by atoms with Crippen LogP contribution in [0.2, 0.25) is 0 Å². The second-order valence-electron chi connectivity index (χ2n) is 6.20. The second-order valence-corrected chi connectivity index (χ2v) is 6.20. The van der Waals surface area contributed by atoms with Crippen LogP contribution >= 0.6 is 0 Å². The third-order valence-corrected chi connectivity index (χ3v) is 4.44. The fourth-order valence-corrected chi connectivity index (χ4v) is 3.22. The predicted octanol–water partition coefficient (Wildman–Crippen LogP) is 3.46. The molecule has 0 radical (unpaired) electrons. The van der Waals surface area contributed by atoms with Gasteiger partial charge in [0, 0.05) is 29.2 Å². The molecule has 5 nitrogen and oxygen atoms in total. The van der Waals surface area contributed by atoms with Crippen LogP contribution in [0.3, 0.4) is 0 Å². The molecule has 120 valence electrons.